The zero-order valence-electron chi connectivity index (χ0n) is 9.41. The summed E-state index contributed by atoms with van der Waals surface area (Å²) < 4.78 is 0. The average molecular weight is 196 g/mol. The van der Waals surface area contributed by atoms with Gasteiger partial charge in [0.1, 0.15) is 0 Å². The highest BCUT2D eigenvalue weighted by Crippen LogP contribution is 2.19. The van der Waals surface area contributed by atoms with E-state index in [9.17, 15) is 0 Å². The number of hydrogen-bond acceptors (Lipinski definition) is 2. The summed E-state index contributed by atoms with van der Waals surface area (Å²) in [5, 5.41) is 0. The van der Waals surface area contributed by atoms with Gasteiger partial charge in [0.15, 0.2) is 0 Å². The van der Waals surface area contributed by atoms with E-state index in [4.69, 9.17) is 5.73 Å². The molecule has 1 fully saturated rings. The predicted octanol–water partition coefficient (Wildman–Crippen LogP) is 2.15. The van der Waals surface area contributed by atoms with Crippen LogP contribution >= 0.6 is 0 Å². The van der Waals surface area contributed by atoms with E-state index in [1.807, 2.05) is 6.08 Å². The normalized spacial score (nSPS) is 26.0. The van der Waals surface area contributed by atoms with Gasteiger partial charge in [-0.1, -0.05) is 12.5 Å². The van der Waals surface area contributed by atoms with Gasteiger partial charge in [0.25, 0.3) is 0 Å². The van der Waals surface area contributed by atoms with Crippen LogP contribution in [0.2, 0.25) is 0 Å². The van der Waals surface area contributed by atoms with E-state index in [1.165, 1.54) is 38.8 Å². The maximum Gasteiger partial charge on any atom is 0.0244 e. The molecule has 1 aliphatic rings. The molecule has 0 amide bonds. The van der Waals surface area contributed by atoms with E-state index in [-0.39, 0.29) is 0 Å². The van der Waals surface area contributed by atoms with Crippen LogP contribution in [0.1, 0.15) is 39.0 Å². The maximum absolute atomic E-state index is 6.00. The number of nitrogens with two attached hydrogens (primary N) is 1. The zero-order valence-corrected chi connectivity index (χ0v) is 9.41. The van der Waals surface area contributed by atoms with Gasteiger partial charge in [-0.05, 0) is 45.7 Å². The van der Waals surface area contributed by atoms with E-state index in [1.54, 1.807) is 0 Å². The summed E-state index contributed by atoms with van der Waals surface area (Å²) in [7, 11) is 0. The number of unbranched alkanes of at least 4 members (excludes halogenated alkanes) is 1. The van der Waals surface area contributed by atoms with Crippen molar-refractivity contribution < 1.29 is 0 Å². The van der Waals surface area contributed by atoms with Crippen molar-refractivity contribution in [3.63, 3.8) is 0 Å². The molecular formula is C12H24N2. The zero-order chi connectivity index (χ0) is 10.4. The van der Waals surface area contributed by atoms with Crippen LogP contribution < -0.4 is 5.73 Å². The van der Waals surface area contributed by atoms with Crippen LogP contribution in [0, 0.1) is 0 Å². The summed E-state index contributed by atoms with van der Waals surface area (Å²) in [6, 6.07) is 0.938. The van der Waals surface area contributed by atoms with Crippen LogP contribution in [0.25, 0.3) is 0 Å². The average Bonchev–Trinajstić information content (AvgIpc) is 2.19. The Bertz CT molecular complexity index is 166. The fourth-order valence-corrected chi connectivity index (χ4v) is 2.33. The third kappa shape index (κ3) is 3.43. The lowest BCUT2D eigenvalue weighted by Gasteiger charge is -2.38. The second-order valence-corrected chi connectivity index (χ2v) is 4.39. The fourth-order valence-electron chi connectivity index (χ4n) is 2.33. The summed E-state index contributed by atoms with van der Waals surface area (Å²) in [5.74, 6) is 0. The molecule has 0 spiro atoms. The van der Waals surface area contributed by atoms with Crippen LogP contribution in [0.3, 0.4) is 0 Å². The Hall–Kier alpha value is -0.340. The molecule has 14 heavy (non-hydrogen) atoms. The van der Waals surface area contributed by atoms with Crippen molar-refractivity contribution in [2.45, 2.75) is 51.1 Å². The molecular weight excluding hydrogens is 172 g/mol. The monoisotopic (exact) mass is 196 g/mol. The minimum absolute atomic E-state index is 0.319. The minimum atomic E-state index is 0.319. The summed E-state index contributed by atoms with van der Waals surface area (Å²) in [6.45, 7) is 8.32. The predicted molar refractivity (Wildman–Crippen MR) is 62.3 cm³/mol. The third-order valence-corrected chi connectivity index (χ3v) is 3.12. The summed E-state index contributed by atoms with van der Waals surface area (Å²) in [5.41, 5.74) is 6.00. The Balaban J connectivity index is 2.33. The van der Waals surface area contributed by atoms with Gasteiger partial charge in [-0.25, -0.2) is 0 Å². The van der Waals surface area contributed by atoms with Gasteiger partial charge in [0.2, 0.25) is 0 Å². The highest BCUT2D eigenvalue weighted by atomic mass is 15.2. The van der Waals surface area contributed by atoms with Crippen molar-refractivity contribution >= 4 is 0 Å². The van der Waals surface area contributed by atoms with Gasteiger partial charge >= 0.3 is 0 Å². The van der Waals surface area contributed by atoms with Gasteiger partial charge in [0.05, 0.1) is 0 Å². The SMILES string of the molecule is C=CCCCN1CCCCC1C(C)N. The van der Waals surface area contributed by atoms with Crippen LogP contribution in [-0.2, 0) is 0 Å². The molecule has 2 unspecified atom stereocenters. The third-order valence-electron chi connectivity index (χ3n) is 3.12. The standard InChI is InChI=1S/C12H24N2/c1-3-4-6-9-14-10-7-5-8-12(14)11(2)13/h3,11-12H,1,4-10,13H2,2H3. The molecule has 0 radical (unpaired) electrons. The van der Waals surface area contributed by atoms with E-state index in [2.05, 4.69) is 18.4 Å². The first-order valence-electron chi connectivity index (χ1n) is 5.86. The molecule has 2 heteroatoms. The van der Waals surface area contributed by atoms with Gasteiger partial charge in [-0.3, -0.25) is 4.90 Å². The summed E-state index contributed by atoms with van der Waals surface area (Å²) in [4.78, 5) is 2.57. The van der Waals surface area contributed by atoms with Gasteiger partial charge < -0.3 is 5.73 Å². The number of hydrogen-bond donors (Lipinski definition) is 1. The molecule has 0 bridgehead atoms. The van der Waals surface area contributed by atoms with Crippen molar-refractivity contribution in [3.05, 3.63) is 12.7 Å². The molecule has 2 N–H and O–H groups in total. The fraction of sp³-hybridized carbons (Fsp3) is 0.833. The molecule has 1 saturated heterocycles. The Morgan fingerprint density at radius 3 is 3.00 bits per heavy atom. The molecule has 1 aliphatic heterocycles. The first kappa shape index (κ1) is 11.7. The molecule has 0 saturated carbocycles. The van der Waals surface area contributed by atoms with Crippen molar-refractivity contribution in [2.75, 3.05) is 13.1 Å². The van der Waals surface area contributed by atoms with Crippen LogP contribution in [0.5, 0.6) is 0 Å². The lowest BCUT2D eigenvalue weighted by atomic mass is 9.96. The largest absolute Gasteiger partial charge is 0.327 e. The second-order valence-electron chi connectivity index (χ2n) is 4.39. The molecule has 1 rings (SSSR count). The highest BCUT2D eigenvalue weighted by Gasteiger charge is 2.24. The number of rotatable bonds is 5. The number of allylic oxidation sites excluding steroid dienone is 1. The Morgan fingerprint density at radius 1 is 1.57 bits per heavy atom. The number of nitrogens with zero attached hydrogens (tertiary/aromatic N) is 1. The highest BCUT2D eigenvalue weighted by molar-refractivity contribution is 4.83. The molecule has 1 heterocycles. The molecule has 0 aromatic rings. The van der Waals surface area contributed by atoms with Crippen molar-refractivity contribution in [2.24, 2.45) is 5.73 Å². The van der Waals surface area contributed by atoms with Gasteiger partial charge in [-0.2, -0.15) is 0 Å². The van der Waals surface area contributed by atoms with E-state index in [0.717, 1.165) is 6.42 Å². The quantitative estimate of drug-likeness (QED) is 0.539. The topological polar surface area (TPSA) is 29.3 Å². The van der Waals surface area contributed by atoms with E-state index in [0.29, 0.717) is 12.1 Å². The molecule has 0 aliphatic carbocycles. The van der Waals surface area contributed by atoms with Gasteiger partial charge in [-0.15, -0.1) is 6.58 Å². The van der Waals surface area contributed by atoms with Crippen molar-refractivity contribution in [1.82, 2.24) is 4.90 Å². The molecule has 2 nitrogen and oxygen atoms in total. The Kier molecular flexibility index (Phi) is 5.20. The lowest BCUT2D eigenvalue weighted by molar-refractivity contribution is 0.129. The smallest absolute Gasteiger partial charge is 0.0244 e. The summed E-state index contributed by atoms with van der Waals surface area (Å²) >= 11 is 0. The Labute approximate surface area is 88.2 Å². The van der Waals surface area contributed by atoms with Crippen LogP contribution in [-0.4, -0.2) is 30.1 Å². The first-order valence-corrected chi connectivity index (χ1v) is 5.86. The second kappa shape index (κ2) is 6.20. The summed E-state index contributed by atoms with van der Waals surface area (Å²) in [6.07, 6.45) is 8.34. The maximum atomic E-state index is 6.00. The van der Waals surface area contributed by atoms with E-state index < -0.39 is 0 Å². The number of likely N-dealkylation sites (tertiary alicyclic amines) is 1. The Morgan fingerprint density at radius 2 is 2.36 bits per heavy atom. The molecule has 2 atom stereocenters. The molecule has 0 aromatic carbocycles. The van der Waals surface area contributed by atoms with Crippen LogP contribution in [0.15, 0.2) is 12.7 Å². The number of piperidine rings is 1. The van der Waals surface area contributed by atoms with E-state index >= 15 is 0 Å². The van der Waals surface area contributed by atoms with Crippen LogP contribution in [0.4, 0.5) is 0 Å². The first-order chi connectivity index (χ1) is 6.75. The van der Waals surface area contributed by atoms with Gasteiger partial charge in [0, 0.05) is 12.1 Å². The van der Waals surface area contributed by atoms with Crippen molar-refractivity contribution in [1.29, 1.82) is 0 Å². The minimum Gasteiger partial charge on any atom is -0.327 e. The molecule has 0 aromatic heterocycles. The van der Waals surface area contributed by atoms with Crippen molar-refractivity contribution in [3.8, 4) is 0 Å². The lowest BCUT2D eigenvalue weighted by Crippen LogP contribution is -2.49. The molecule has 82 valence electrons.